The largest absolute Gasteiger partial charge is 0.497 e. The van der Waals surface area contributed by atoms with E-state index in [4.69, 9.17) is 18.9 Å². The van der Waals surface area contributed by atoms with Crippen molar-refractivity contribution in [2.75, 3.05) is 20.3 Å². The van der Waals surface area contributed by atoms with Gasteiger partial charge >= 0.3 is 0 Å². The van der Waals surface area contributed by atoms with Gasteiger partial charge in [0.25, 0.3) is 0 Å². The molecule has 0 N–H and O–H groups in total. The molecule has 0 aromatic heterocycles. The van der Waals surface area contributed by atoms with E-state index in [1.807, 2.05) is 18.2 Å². The van der Waals surface area contributed by atoms with Crippen molar-refractivity contribution in [2.45, 2.75) is 44.2 Å². The molecule has 4 nitrogen and oxygen atoms in total. The molecular weight excluding hydrogens is 256 g/mol. The molecule has 2 aliphatic rings. The molecule has 3 rings (SSSR count). The first-order valence-corrected chi connectivity index (χ1v) is 7.32. The zero-order chi connectivity index (χ0) is 13.8. The van der Waals surface area contributed by atoms with Crippen LogP contribution < -0.4 is 4.74 Å². The fourth-order valence-electron chi connectivity index (χ4n) is 2.96. The molecule has 20 heavy (non-hydrogen) atoms. The smallest absolute Gasteiger partial charge is 0.168 e. The lowest BCUT2D eigenvalue weighted by atomic mass is 9.92. The van der Waals surface area contributed by atoms with E-state index >= 15 is 0 Å². The zero-order valence-electron chi connectivity index (χ0n) is 12.0. The Balaban J connectivity index is 1.47. The SMILES string of the molecule is COc1cccc(COC2CCC3(CC2)OCCO3)c1. The van der Waals surface area contributed by atoms with Gasteiger partial charge < -0.3 is 18.9 Å². The molecule has 1 aromatic carbocycles. The highest BCUT2D eigenvalue weighted by Crippen LogP contribution is 2.36. The summed E-state index contributed by atoms with van der Waals surface area (Å²) in [7, 11) is 1.68. The van der Waals surface area contributed by atoms with Gasteiger partial charge in [0.1, 0.15) is 5.75 Å². The van der Waals surface area contributed by atoms with E-state index in [0.717, 1.165) is 50.2 Å². The van der Waals surface area contributed by atoms with Crippen LogP contribution in [0.2, 0.25) is 0 Å². The van der Waals surface area contributed by atoms with Crippen LogP contribution in [0.5, 0.6) is 5.75 Å². The summed E-state index contributed by atoms with van der Waals surface area (Å²) in [5, 5.41) is 0. The fraction of sp³-hybridized carbons (Fsp3) is 0.625. The maximum atomic E-state index is 6.00. The van der Waals surface area contributed by atoms with Crippen molar-refractivity contribution in [3.8, 4) is 5.75 Å². The highest BCUT2D eigenvalue weighted by Gasteiger charge is 2.40. The van der Waals surface area contributed by atoms with Crippen LogP contribution in [0, 0.1) is 0 Å². The maximum Gasteiger partial charge on any atom is 0.168 e. The summed E-state index contributed by atoms with van der Waals surface area (Å²) in [6.07, 6.45) is 4.19. The van der Waals surface area contributed by atoms with Gasteiger partial charge in [0, 0.05) is 12.8 Å². The lowest BCUT2D eigenvalue weighted by Crippen LogP contribution is -2.37. The van der Waals surface area contributed by atoms with E-state index in [2.05, 4.69) is 6.07 Å². The number of methoxy groups -OCH3 is 1. The summed E-state index contributed by atoms with van der Waals surface area (Å²) in [5.74, 6) is 0.581. The molecule has 2 fully saturated rings. The molecule has 0 atom stereocenters. The van der Waals surface area contributed by atoms with Gasteiger partial charge in [-0.25, -0.2) is 0 Å². The summed E-state index contributed by atoms with van der Waals surface area (Å²) in [5.41, 5.74) is 1.15. The van der Waals surface area contributed by atoms with Crippen molar-refractivity contribution < 1.29 is 18.9 Å². The maximum absolute atomic E-state index is 6.00. The minimum absolute atomic E-state index is 0.296. The Labute approximate surface area is 120 Å². The highest BCUT2D eigenvalue weighted by atomic mass is 16.7. The van der Waals surface area contributed by atoms with Crippen LogP contribution >= 0.6 is 0 Å². The normalized spacial score (nSPS) is 22.2. The van der Waals surface area contributed by atoms with Crippen LogP contribution in [0.1, 0.15) is 31.2 Å². The second kappa shape index (κ2) is 6.12. The Morgan fingerprint density at radius 2 is 1.95 bits per heavy atom. The van der Waals surface area contributed by atoms with E-state index in [1.165, 1.54) is 0 Å². The molecule has 4 heteroatoms. The fourth-order valence-corrected chi connectivity index (χ4v) is 2.96. The van der Waals surface area contributed by atoms with Crippen molar-refractivity contribution in [1.29, 1.82) is 0 Å². The topological polar surface area (TPSA) is 36.9 Å². The van der Waals surface area contributed by atoms with Gasteiger partial charge in [-0.15, -0.1) is 0 Å². The third-order valence-electron chi connectivity index (χ3n) is 4.13. The average Bonchev–Trinajstić information content (AvgIpc) is 2.95. The van der Waals surface area contributed by atoms with Crippen LogP contribution in [0.3, 0.4) is 0 Å². The molecular formula is C16H22O4. The number of rotatable bonds is 4. The van der Waals surface area contributed by atoms with Gasteiger partial charge in [-0.05, 0) is 30.5 Å². The van der Waals surface area contributed by atoms with Crippen molar-refractivity contribution in [1.82, 2.24) is 0 Å². The van der Waals surface area contributed by atoms with Crippen LogP contribution in [-0.2, 0) is 20.8 Å². The molecule has 110 valence electrons. The lowest BCUT2D eigenvalue weighted by molar-refractivity contribution is -0.192. The lowest BCUT2D eigenvalue weighted by Gasteiger charge is -2.35. The predicted octanol–water partition coefficient (Wildman–Crippen LogP) is 2.90. The monoisotopic (exact) mass is 278 g/mol. The number of hydrogen-bond acceptors (Lipinski definition) is 4. The van der Waals surface area contributed by atoms with E-state index in [0.29, 0.717) is 12.7 Å². The van der Waals surface area contributed by atoms with Gasteiger partial charge in [-0.2, -0.15) is 0 Å². The standard InChI is InChI=1S/C16H22O4/c1-17-15-4-2-3-13(11-15)12-18-14-5-7-16(8-6-14)19-9-10-20-16/h2-4,11,14H,5-10,12H2,1H3. The first-order chi connectivity index (χ1) is 9.80. The minimum Gasteiger partial charge on any atom is -0.497 e. The molecule has 0 unspecified atom stereocenters. The van der Waals surface area contributed by atoms with Gasteiger partial charge in [-0.3, -0.25) is 0 Å². The molecule has 1 aromatic rings. The highest BCUT2D eigenvalue weighted by molar-refractivity contribution is 5.27. The number of ether oxygens (including phenoxy) is 4. The van der Waals surface area contributed by atoms with Crippen molar-refractivity contribution in [3.05, 3.63) is 29.8 Å². The minimum atomic E-state index is -0.296. The van der Waals surface area contributed by atoms with Gasteiger partial charge in [0.15, 0.2) is 5.79 Å². The Morgan fingerprint density at radius 3 is 2.65 bits per heavy atom. The molecule has 0 amide bonds. The Hall–Kier alpha value is -1.10. The predicted molar refractivity (Wildman–Crippen MR) is 74.7 cm³/mol. The van der Waals surface area contributed by atoms with Crippen molar-refractivity contribution >= 4 is 0 Å². The van der Waals surface area contributed by atoms with Crippen LogP contribution in [0.15, 0.2) is 24.3 Å². The molecule has 1 spiro atoms. The first kappa shape index (κ1) is 13.9. The van der Waals surface area contributed by atoms with Crippen molar-refractivity contribution in [3.63, 3.8) is 0 Å². The van der Waals surface area contributed by atoms with Crippen LogP contribution in [0.25, 0.3) is 0 Å². The second-order valence-corrected chi connectivity index (χ2v) is 5.47. The van der Waals surface area contributed by atoms with E-state index in [1.54, 1.807) is 7.11 Å². The Morgan fingerprint density at radius 1 is 1.20 bits per heavy atom. The van der Waals surface area contributed by atoms with Crippen molar-refractivity contribution in [2.24, 2.45) is 0 Å². The quantitative estimate of drug-likeness (QED) is 0.848. The average molecular weight is 278 g/mol. The third-order valence-corrected chi connectivity index (χ3v) is 4.13. The van der Waals surface area contributed by atoms with Gasteiger partial charge in [-0.1, -0.05) is 12.1 Å². The third kappa shape index (κ3) is 3.14. The van der Waals surface area contributed by atoms with E-state index in [-0.39, 0.29) is 5.79 Å². The Bertz CT molecular complexity index is 430. The van der Waals surface area contributed by atoms with Crippen LogP contribution in [-0.4, -0.2) is 32.2 Å². The number of hydrogen-bond donors (Lipinski definition) is 0. The van der Waals surface area contributed by atoms with E-state index < -0.39 is 0 Å². The number of benzene rings is 1. The first-order valence-electron chi connectivity index (χ1n) is 7.32. The molecule has 1 aliphatic carbocycles. The van der Waals surface area contributed by atoms with Gasteiger partial charge in [0.2, 0.25) is 0 Å². The molecule has 1 aliphatic heterocycles. The molecule has 0 bridgehead atoms. The molecule has 1 saturated heterocycles. The summed E-state index contributed by atoms with van der Waals surface area (Å²) in [6, 6.07) is 8.03. The summed E-state index contributed by atoms with van der Waals surface area (Å²) in [6.45, 7) is 2.10. The second-order valence-electron chi connectivity index (χ2n) is 5.47. The molecule has 0 radical (unpaired) electrons. The van der Waals surface area contributed by atoms with E-state index in [9.17, 15) is 0 Å². The summed E-state index contributed by atoms with van der Waals surface area (Å²) in [4.78, 5) is 0. The zero-order valence-corrected chi connectivity index (χ0v) is 12.0. The van der Waals surface area contributed by atoms with Crippen LogP contribution in [0.4, 0.5) is 0 Å². The Kier molecular flexibility index (Phi) is 4.24. The molecule has 1 heterocycles. The summed E-state index contributed by atoms with van der Waals surface area (Å²) < 4.78 is 22.7. The van der Waals surface area contributed by atoms with Gasteiger partial charge in [0.05, 0.1) is 33.0 Å². The summed E-state index contributed by atoms with van der Waals surface area (Å²) >= 11 is 0. The molecule has 1 saturated carbocycles.